The summed E-state index contributed by atoms with van der Waals surface area (Å²) in [7, 11) is 1.72. The minimum absolute atomic E-state index is 0.0402. The van der Waals surface area contributed by atoms with Crippen molar-refractivity contribution in [2.24, 2.45) is 4.99 Å². The van der Waals surface area contributed by atoms with Crippen molar-refractivity contribution in [1.82, 2.24) is 10.6 Å². The monoisotopic (exact) mass is 400 g/mol. The van der Waals surface area contributed by atoms with Gasteiger partial charge in [-0.05, 0) is 42.8 Å². The molecule has 28 heavy (non-hydrogen) atoms. The number of ether oxygens (including phenoxy) is 1. The Labute approximate surface area is 170 Å². The highest BCUT2D eigenvalue weighted by Crippen LogP contribution is 2.31. The van der Waals surface area contributed by atoms with Crippen molar-refractivity contribution in [2.75, 3.05) is 25.5 Å². The summed E-state index contributed by atoms with van der Waals surface area (Å²) < 4.78 is 5.86. The van der Waals surface area contributed by atoms with Crippen LogP contribution in [0.2, 0.25) is 5.02 Å². The molecule has 7 heteroatoms. The van der Waals surface area contributed by atoms with Gasteiger partial charge in [-0.15, -0.1) is 0 Å². The van der Waals surface area contributed by atoms with Gasteiger partial charge >= 0.3 is 0 Å². The second kappa shape index (κ2) is 9.46. The lowest BCUT2D eigenvalue weighted by molar-refractivity contribution is -0.116. The number of hydrogen-bond donors (Lipinski definition) is 3. The number of rotatable bonds is 6. The molecule has 1 aliphatic heterocycles. The van der Waals surface area contributed by atoms with Crippen molar-refractivity contribution in [3.8, 4) is 5.75 Å². The Hall–Kier alpha value is -2.73. The zero-order valence-electron chi connectivity index (χ0n) is 16.0. The molecule has 6 nitrogen and oxygen atoms in total. The molecule has 3 rings (SSSR count). The summed E-state index contributed by atoms with van der Waals surface area (Å²) in [6.45, 7) is 3.19. The Kier molecular flexibility index (Phi) is 6.76. The summed E-state index contributed by atoms with van der Waals surface area (Å²) in [4.78, 5) is 16.2. The van der Waals surface area contributed by atoms with Gasteiger partial charge in [-0.25, -0.2) is 0 Å². The van der Waals surface area contributed by atoms with E-state index in [1.807, 2.05) is 37.3 Å². The Balaban J connectivity index is 1.50. The molecule has 1 amide bonds. The molecular formula is C21H25ClN4O2. The number of fused-ring (bicyclic) bond motifs is 1. The first kappa shape index (κ1) is 20.0. The quantitative estimate of drug-likeness (QED) is 0.513. The average Bonchev–Trinajstić information content (AvgIpc) is 2.69. The van der Waals surface area contributed by atoms with Crippen LogP contribution in [0.3, 0.4) is 0 Å². The maximum Gasteiger partial charge on any atom is 0.225 e. The normalized spacial score (nSPS) is 17.3. The number of aliphatic imine (C=N–C) groups is 1. The number of amides is 1. The summed E-state index contributed by atoms with van der Waals surface area (Å²) in [5.41, 5.74) is 2.03. The maximum absolute atomic E-state index is 12.0. The minimum Gasteiger partial charge on any atom is -0.489 e. The predicted octanol–water partition coefficient (Wildman–Crippen LogP) is 3.40. The molecule has 0 aromatic heterocycles. The fourth-order valence-corrected chi connectivity index (χ4v) is 3.28. The standard InChI is InChI=1S/C21H25ClN4O2/c1-14(28-17-9-7-16(22)8-10-17)12-24-21(23-2)25-13-15-11-20(27)26-19-6-4-3-5-18(15)19/h3-10,14-15H,11-13H2,1-2H3,(H,26,27)(H2,23,24,25). The van der Waals surface area contributed by atoms with Crippen LogP contribution in [-0.2, 0) is 4.79 Å². The fourth-order valence-electron chi connectivity index (χ4n) is 3.15. The van der Waals surface area contributed by atoms with Gasteiger partial charge in [0.2, 0.25) is 5.91 Å². The summed E-state index contributed by atoms with van der Waals surface area (Å²) in [5, 5.41) is 10.2. The first-order chi connectivity index (χ1) is 13.5. The number of para-hydroxylation sites is 1. The molecule has 0 fully saturated rings. The van der Waals surface area contributed by atoms with Crippen molar-refractivity contribution in [3.63, 3.8) is 0 Å². The van der Waals surface area contributed by atoms with Gasteiger partial charge in [0, 0.05) is 36.6 Å². The van der Waals surface area contributed by atoms with E-state index in [1.54, 1.807) is 19.2 Å². The molecule has 1 heterocycles. The number of nitrogens with zero attached hydrogens (tertiary/aromatic N) is 1. The molecule has 148 valence electrons. The number of guanidine groups is 1. The number of carbonyl (C=O) groups excluding carboxylic acids is 1. The van der Waals surface area contributed by atoms with E-state index >= 15 is 0 Å². The zero-order valence-corrected chi connectivity index (χ0v) is 16.8. The van der Waals surface area contributed by atoms with Crippen LogP contribution in [0.5, 0.6) is 5.75 Å². The van der Waals surface area contributed by atoms with Crippen molar-refractivity contribution >= 4 is 29.2 Å². The van der Waals surface area contributed by atoms with E-state index in [0.717, 1.165) is 17.0 Å². The molecule has 0 bridgehead atoms. The highest BCUT2D eigenvalue weighted by Gasteiger charge is 2.24. The number of nitrogens with one attached hydrogen (secondary N) is 3. The Morgan fingerprint density at radius 2 is 2.00 bits per heavy atom. The molecule has 0 saturated heterocycles. The molecule has 2 atom stereocenters. The molecule has 3 N–H and O–H groups in total. The van der Waals surface area contributed by atoms with Gasteiger partial charge in [0.05, 0.1) is 6.54 Å². The number of anilines is 1. The second-order valence-corrected chi connectivity index (χ2v) is 7.19. The van der Waals surface area contributed by atoms with Crippen LogP contribution in [0.4, 0.5) is 5.69 Å². The van der Waals surface area contributed by atoms with Crippen LogP contribution in [0.1, 0.15) is 24.8 Å². The largest absolute Gasteiger partial charge is 0.489 e. The molecule has 0 radical (unpaired) electrons. The minimum atomic E-state index is -0.0547. The smallest absolute Gasteiger partial charge is 0.225 e. The van der Waals surface area contributed by atoms with E-state index in [1.165, 1.54) is 0 Å². The number of halogens is 1. The molecule has 1 aliphatic rings. The molecule has 2 aromatic carbocycles. The SMILES string of the molecule is CN=C(NCC(C)Oc1ccc(Cl)cc1)NCC1CC(=O)Nc2ccccc21. The van der Waals surface area contributed by atoms with Gasteiger partial charge in [-0.3, -0.25) is 9.79 Å². The summed E-state index contributed by atoms with van der Waals surface area (Å²) >= 11 is 5.89. The number of benzene rings is 2. The Morgan fingerprint density at radius 3 is 2.75 bits per heavy atom. The highest BCUT2D eigenvalue weighted by molar-refractivity contribution is 6.30. The van der Waals surface area contributed by atoms with Gasteiger partial charge < -0.3 is 20.7 Å². The third kappa shape index (κ3) is 5.39. The summed E-state index contributed by atoms with van der Waals surface area (Å²) in [6, 6.07) is 15.2. The van der Waals surface area contributed by atoms with E-state index in [9.17, 15) is 4.79 Å². The van der Waals surface area contributed by atoms with E-state index in [0.29, 0.717) is 30.5 Å². The lowest BCUT2D eigenvalue weighted by Gasteiger charge is -2.26. The van der Waals surface area contributed by atoms with Gasteiger partial charge in [0.25, 0.3) is 0 Å². The topological polar surface area (TPSA) is 74.8 Å². The lowest BCUT2D eigenvalue weighted by atomic mass is 9.90. The van der Waals surface area contributed by atoms with E-state index in [-0.39, 0.29) is 17.9 Å². The highest BCUT2D eigenvalue weighted by atomic mass is 35.5. The second-order valence-electron chi connectivity index (χ2n) is 6.75. The third-order valence-electron chi connectivity index (χ3n) is 4.55. The van der Waals surface area contributed by atoms with Crippen LogP contribution in [-0.4, -0.2) is 38.1 Å². The van der Waals surface area contributed by atoms with Crippen LogP contribution < -0.4 is 20.7 Å². The van der Waals surface area contributed by atoms with E-state index < -0.39 is 0 Å². The van der Waals surface area contributed by atoms with Crippen molar-refractivity contribution in [2.45, 2.75) is 25.4 Å². The van der Waals surface area contributed by atoms with Gasteiger partial charge in [-0.2, -0.15) is 0 Å². The van der Waals surface area contributed by atoms with Gasteiger partial charge in [0.1, 0.15) is 11.9 Å². The van der Waals surface area contributed by atoms with Crippen molar-refractivity contribution in [3.05, 3.63) is 59.1 Å². The van der Waals surface area contributed by atoms with Crippen molar-refractivity contribution in [1.29, 1.82) is 0 Å². The molecule has 0 aliphatic carbocycles. The fraction of sp³-hybridized carbons (Fsp3) is 0.333. The maximum atomic E-state index is 12.0. The lowest BCUT2D eigenvalue weighted by Crippen LogP contribution is -2.43. The molecule has 2 aromatic rings. The van der Waals surface area contributed by atoms with Crippen LogP contribution >= 0.6 is 11.6 Å². The molecule has 2 unspecified atom stereocenters. The van der Waals surface area contributed by atoms with Crippen LogP contribution in [0, 0.1) is 0 Å². The predicted molar refractivity (Wildman–Crippen MR) is 113 cm³/mol. The van der Waals surface area contributed by atoms with E-state index in [2.05, 4.69) is 27.0 Å². The number of hydrogen-bond acceptors (Lipinski definition) is 3. The molecule has 0 spiro atoms. The van der Waals surface area contributed by atoms with E-state index in [4.69, 9.17) is 16.3 Å². The summed E-state index contributed by atoms with van der Waals surface area (Å²) in [6.07, 6.45) is 0.401. The summed E-state index contributed by atoms with van der Waals surface area (Å²) in [5.74, 6) is 1.59. The number of carbonyl (C=O) groups is 1. The Morgan fingerprint density at radius 1 is 1.25 bits per heavy atom. The first-order valence-corrected chi connectivity index (χ1v) is 9.68. The molecular weight excluding hydrogens is 376 g/mol. The molecule has 0 saturated carbocycles. The van der Waals surface area contributed by atoms with Gasteiger partial charge in [0.15, 0.2) is 5.96 Å². The third-order valence-corrected chi connectivity index (χ3v) is 4.81. The average molecular weight is 401 g/mol. The van der Waals surface area contributed by atoms with Gasteiger partial charge in [-0.1, -0.05) is 29.8 Å². The zero-order chi connectivity index (χ0) is 19.9. The first-order valence-electron chi connectivity index (χ1n) is 9.30. The van der Waals surface area contributed by atoms with Crippen LogP contribution in [0.15, 0.2) is 53.5 Å². The van der Waals surface area contributed by atoms with Crippen LogP contribution in [0.25, 0.3) is 0 Å². The Bertz CT molecular complexity index is 839. The van der Waals surface area contributed by atoms with Crippen molar-refractivity contribution < 1.29 is 9.53 Å².